The van der Waals surface area contributed by atoms with Gasteiger partial charge in [-0.05, 0) is 54.5 Å². The van der Waals surface area contributed by atoms with Gasteiger partial charge in [-0.1, -0.05) is 26.0 Å². The monoisotopic (exact) mass is 450 g/mol. The number of hydrogen-bond donors (Lipinski definition) is 1. The lowest BCUT2D eigenvalue weighted by Gasteiger charge is -2.35. The molecule has 2 heterocycles. The summed E-state index contributed by atoms with van der Waals surface area (Å²) in [5, 5.41) is 0. The summed E-state index contributed by atoms with van der Waals surface area (Å²) < 4.78 is 27.9. The summed E-state index contributed by atoms with van der Waals surface area (Å²) in [4.78, 5) is 9.57. The Hall–Kier alpha value is -1.83. The standard InChI is InChI=1S/C22H30N4O2S.ClH/c1-17(2)19-5-8-21(9-6-19)29(27,28)24-20-7-10-22(23-15-20)26-13-11-25(12-14-26)16-18-3-4-18;/h5-10,15,17-18,24H,3-4,11-14,16H2,1-2H3;1H. The van der Waals surface area contributed by atoms with E-state index in [1.165, 1.54) is 19.4 Å². The second kappa shape index (κ2) is 9.54. The van der Waals surface area contributed by atoms with Crippen LogP contribution in [0.15, 0.2) is 47.5 Å². The molecule has 8 heteroatoms. The minimum absolute atomic E-state index is 0. The molecule has 1 saturated carbocycles. The van der Waals surface area contributed by atoms with E-state index < -0.39 is 10.0 Å². The van der Waals surface area contributed by atoms with Crippen LogP contribution in [0.3, 0.4) is 0 Å². The van der Waals surface area contributed by atoms with E-state index in [2.05, 4.69) is 33.4 Å². The van der Waals surface area contributed by atoms with Crippen molar-refractivity contribution in [3.05, 3.63) is 48.2 Å². The fourth-order valence-corrected chi connectivity index (χ4v) is 4.75. The van der Waals surface area contributed by atoms with Gasteiger partial charge < -0.3 is 4.90 Å². The highest BCUT2D eigenvalue weighted by Gasteiger charge is 2.26. The van der Waals surface area contributed by atoms with Gasteiger partial charge in [0.2, 0.25) is 0 Å². The molecule has 0 unspecified atom stereocenters. The summed E-state index contributed by atoms with van der Waals surface area (Å²) in [6.45, 7) is 9.47. The van der Waals surface area contributed by atoms with E-state index in [0.29, 0.717) is 11.6 Å². The van der Waals surface area contributed by atoms with Crippen molar-refractivity contribution in [1.82, 2.24) is 9.88 Å². The Labute approximate surface area is 186 Å². The molecule has 1 aliphatic heterocycles. The zero-order valence-corrected chi connectivity index (χ0v) is 19.3. The maximum atomic E-state index is 12.6. The lowest BCUT2D eigenvalue weighted by atomic mass is 10.0. The highest BCUT2D eigenvalue weighted by molar-refractivity contribution is 7.92. The van der Waals surface area contributed by atoms with Gasteiger partial charge in [0, 0.05) is 32.7 Å². The number of aromatic nitrogens is 1. The van der Waals surface area contributed by atoms with Crippen molar-refractivity contribution in [2.45, 2.75) is 37.5 Å². The van der Waals surface area contributed by atoms with Crippen LogP contribution in [0.5, 0.6) is 0 Å². The van der Waals surface area contributed by atoms with Crippen molar-refractivity contribution in [3.8, 4) is 0 Å². The van der Waals surface area contributed by atoms with Gasteiger partial charge in [-0.3, -0.25) is 9.62 Å². The first-order valence-corrected chi connectivity index (χ1v) is 12.0. The van der Waals surface area contributed by atoms with Crippen LogP contribution in [0.4, 0.5) is 11.5 Å². The van der Waals surface area contributed by atoms with Gasteiger partial charge in [0.25, 0.3) is 10.0 Å². The smallest absolute Gasteiger partial charge is 0.261 e. The second-order valence-corrected chi connectivity index (χ2v) is 10.1. The van der Waals surface area contributed by atoms with Gasteiger partial charge in [0.15, 0.2) is 0 Å². The molecule has 2 aliphatic rings. The Bertz CT molecular complexity index is 921. The van der Waals surface area contributed by atoms with Crippen molar-refractivity contribution in [3.63, 3.8) is 0 Å². The molecular formula is C22H31ClN4O2S. The van der Waals surface area contributed by atoms with E-state index in [9.17, 15) is 8.42 Å². The first kappa shape index (κ1) is 22.8. The van der Waals surface area contributed by atoms with E-state index in [1.54, 1.807) is 24.4 Å². The molecule has 0 spiro atoms. The number of halogens is 1. The van der Waals surface area contributed by atoms with E-state index in [0.717, 1.165) is 43.5 Å². The Morgan fingerprint density at radius 2 is 1.70 bits per heavy atom. The quantitative estimate of drug-likeness (QED) is 0.691. The maximum absolute atomic E-state index is 12.6. The normalized spacial score (nSPS) is 17.6. The maximum Gasteiger partial charge on any atom is 0.261 e. The van der Waals surface area contributed by atoms with Crippen LogP contribution in [-0.4, -0.2) is 51.0 Å². The number of sulfonamides is 1. The van der Waals surface area contributed by atoms with E-state index in [-0.39, 0.29) is 17.3 Å². The van der Waals surface area contributed by atoms with Gasteiger partial charge in [-0.2, -0.15) is 0 Å². The highest BCUT2D eigenvalue weighted by atomic mass is 35.5. The van der Waals surface area contributed by atoms with Crippen molar-refractivity contribution in [2.24, 2.45) is 5.92 Å². The molecule has 1 aromatic carbocycles. The molecule has 30 heavy (non-hydrogen) atoms. The van der Waals surface area contributed by atoms with Gasteiger partial charge in [0.05, 0.1) is 16.8 Å². The van der Waals surface area contributed by atoms with Crippen LogP contribution in [-0.2, 0) is 10.0 Å². The van der Waals surface area contributed by atoms with Gasteiger partial charge in [0.1, 0.15) is 5.82 Å². The molecule has 0 atom stereocenters. The average molecular weight is 451 g/mol. The summed E-state index contributed by atoms with van der Waals surface area (Å²) in [5.41, 5.74) is 1.60. The summed E-state index contributed by atoms with van der Waals surface area (Å²) in [5.74, 6) is 2.20. The molecule has 0 amide bonds. The zero-order valence-electron chi connectivity index (χ0n) is 17.6. The Balaban J connectivity index is 0.00000256. The number of anilines is 2. The fourth-order valence-electron chi connectivity index (χ4n) is 3.70. The van der Waals surface area contributed by atoms with E-state index in [4.69, 9.17) is 0 Å². The molecule has 6 nitrogen and oxygen atoms in total. The lowest BCUT2D eigenvalue weighted by molar-refractivity contribution is 0.247. The van der Waals surface area contributed by atoms with Gasteiger partial charge in [-0.15, -0.1) is 12.4 Å². The van der Waals surface area contributed by atoms with Crippen molar-refractivity contribution in [1.29, 1.82) is 0 Å². The molecule has 164 valence electrons. The SMILES string of the molecule is CC(C)c1ccc(S(=O)(=O)Nc2ccc(N3CCN(CC4CC4)CC3)nc2)cc1.Cl. The third-order valence-corrected chi connectivity index (χ3v) is 7.16. The first-order valence-electron chi connectivity index (χ1n) is 10.5. The molecule has 2 fully saturated rings. The number of nitrogens with one attached hydrogen (secondary N) is 1. The molecule has 1 saturated heterocycles. The van der Waals surface area contributed by atoms with Gasteiger partial charge in [-0.25, -0.2) is 13.4 Å². The van der Waals surface area contributed by atoms with Crippen LogP contribution >= 0.6 is 12.4 Å². The minimum atomic E-state index is -3.62. The number of hydrogen-bond acceptors (Lipinski definition) is 5. The number of nitrogens with zero attached hydrogens (tertiary/aromatic N) is 3. The molecule has 1 N–H and O–H groups in total. The minimum Gasteiger partial charge on any atom is -0.354 e. The van der Waals surface area contributed by atoms with Crippen molar-refractivity contribution in [2.75, 3.05) is 42.3 Å². The number of benzene rings is 1. The predicted molar refractivity (Wildman–Crippen MR) is 124 cm³/mol. The Morgan fingerprint density at radius 1 is 1.03 bits per heavy atom. The molecule has 1 aliphatic carbocycles. The average Bonchev–Trinajstić information content (AvgIpc) is 3.53. The predicted octanol–water partition coefficient (Wildman–Crippen LogP) is 3.96. The van der Waals surface area contributed by atoms with E-state index in [1.807, 2.05) is 18.2 Å². The molecule has 0 bridgehead atoms. The third-order valence-electron chi connectivity index (χ3n) is 5.77. The zero-order chi connectivity index (χ0) is 20.4. The third kappa shape index (κ3) is 5.65. The van der Waals surface area contributed by atoms with Crippen molar-refractivity contribution >= 4 is 33.9 Å². The number of piperazine rings is 1. The largest absolute Gasteiger partial charge is 0.354 e. The number of rotatable bonds is 7. The summed E-state index contributed by atoms with van der Waals surface area (Å²) in [6.07, 6.45) is 4.38. The first-order chi connectivity index (χ1) is 13.9. The van der Waals surface area contributed by atoms with Crippen LogP contribution < -0.4 is 9.62 Å². The van der Waals surface area contributed by atoms with Gasteiger partial charge >= 0.3 is 0 Å². The molecule has 1 aromatic heterocycles. The molecular weight excluding hydrogens is 420 g/mol. The second-order valence-electron chi connectivity index (χ2n) is 8.47. The Morgan fingerprint density at radius 3 is 2.23 bits per heavy atom. The fraction of sp³-hybridized carbons (Fsp3) is 0.500. The van der Waals surface area contributed by atoms with Crippen LogP contribution in [0.25, 0.3) is 0 Å². The molecule has 2 aromatic rings. The highest BCUT2D eigenvalue weighted by Crippen LogP contribution is 2.30. The van der Waals surface area contributed by atoms with Crippen molar-refractivity contribution < 1.29 is 8.42 Å². The molecule has 4 rings (SSSR count). The topological polar surface area (TPSA) is 65.5 Å². The summed E-state index contributed by atoms with van der Waals surface area (Å²) >= 11 is 0. The van der Waals surface area contributed by atoms with Crippen LogP contribution in [0, 0.1) is 5.92 Å². The summed E-state index contributed by atoms with van der Waals surface area (Å²) in [6, 6.07) is 10.7. The summed E-state index contributed by atoms with van der Waals surface area (Å²) in [7, 11) is -3.62. The molecule has 0 radical (unpaired) electrons. The lowest BCUT2D eigenvalue weighted by Crippen LogP contribution is -2.47. The Kier molecular flexibility index (Phi) is 7.26. The number of pyridine rings is 1. The van der Waals surface area contributed by atoms with E-state index >= 15 is 0 Å². The van der Waals surface area contributed by atoms with Crippen LogP contribution in [0.1, 0.15) is 38.2 Å². The van der Waals surface area contributed by atoms with Crippen LogP contribution in [0.2, 0.25) is 0 Å².